The molecule has 0 amide bonds. The van der Waals surface area contributed by atoms with Gasteiger partial charge in [0, 0.05) is 3.57 Å². The summed E-state index contributed by atoms with van der Waals surface area (Å²) in [5, 5.41) is 4.17. The average molecular weight is 481 g/mol. The molecule has 24 heavy (non-hydrogen) atoms. The lowest BCUT2D eigenvalue weighted by Gasteiger charge is -2.21. The summed E-state index contributed by atoms with van der Waals surface area (Å²) >= 11 is 14.8. The Morgan fingerprint density at radius 1 is 1.33 bits per heavy atom. The molecule has 0 fully saturated rings. The summed E-state index contributed by atoms with van der Waals surface area (Å²) < 4.78 is 8.08. The van der Waals surface area contributed by atoms with Gasteiger partial charge in [-0.25, -0.2) is 4.68 Å². The zero-order valence-electron chi connectivity index (χ0n) is 13.6. The molecule has 1 aromatic heterocycles. The molecule has 0 saturated heterocycles. The van der Waals surface area contributed by atoms with Gasteiger partial charge in [0.2, 0.25) is 0 Å². The van der Waals surface area contributed by atoms with Crippen LogP contribution in [-0.4, -0.2) is 14.7 Å². The van der Waals surface area contributed by atoms with Crippen molar-refractivity contribution in [1.29, 1.82) is 0 Å². The average Bonchev–Trinajstić information content (AvgIpc) is 2.52. The number of aromatic nitrogens is 2. The third-order valence-corrected chi connectivity index (χ3v) is 4.89. The third-order valence-electron chi connectivity index (χ3n) is 3.51. The molecule has 7 heteroatoms. The molecule has 0 aliphatic heterocycles. The van der Waals surface area contributed by atoms with Crippen molar-refractivity contribution in [1.82, 2.24) is 9.78 Å². The first kappa shape index (κ1) is 19.5. The van der Waals surface area contributed by atoms with Crippen molar-refractivity contribution in [2.45, 2.75) is 44.7 Å². The fourth-order valence-corrected chi connectivity index (χ4v) is 3.18. The molecule has 4 nitrogen and oxygen atoms in total. The number of alkyl halides is 1. The predicted octanol–water partition coefficient (Wildman–Crippen LogP) is 4.88. The molecule has 0 saturated carbocycles. The molecule has 1 atom stereocenters. The summed E-state index contributed by atoms with van der Waals surface area (Å²) in [6.07, 6.45) is 3.18. The fraction of sp³-hybridized carbons (Fsp3) is 0.412. The number of nitrogens with zero attached hydrogens (tertiary/aromatic N) is 2. The molecule has 0 N–H and O–H groups in total. The van der Waals surface area contributed by atoms with Crippen molar-refractivity contribution in [3.8, 4) is 5.75 Å². The molecule has 0 bridgehead atoms. The molecule has 1 heterocycles. The second-order valence-electron chi connectivity index (χ2n) is 5.86. The highest BCUT2D eigenvalue weighted by Gasteiger charge is 2.23. The quantitative estimate of drug-likeness (QED) is 0.419. The largest absolute Gasteiger partial charge is 0.485 e. The van der Waals surface area contributed by atoms with Gasteiger partial charge in [-0.1, -0.05) is 37.1 Å². The van der Waals surface area contributed by atoms with E-state index in [1.807, 2.05) is 38.1 Å². The Hall–Kier alpha value is -0.790. The van der Waals surface area contributed by atoms with E-state index in [-0.39, 0.29) is 16.3 Å². The Kier molecular flexibility index (Phi) is 6.95. The van der Waals surface area contributed by atoms with E-state index < -0.39 is 4.87 Å². The fourth-order valence-electron chi connectivity index (χ4n) is 2.32. The predicted molar refractivity (Wildman–Crippen MR) is 106 cm³/mol. The van der Waals surface area contributed by atoms with Gasteiger partial charge in [-0.05, 0) is 53.6 Å². The molecular weight excluding hydrogens is 462 g/mol. The third kappa shape index (κ3) is 5.36. The SMILES string of the molecule is CCCC(C)(Cl)Cn1ncc(OCc2ccc(I)cc2)c(Cl)c1=O. The Balaban J connectivity index is 2.12. The summed E-state index contributed by atoms with van der Waals surface area (Å²) in [6.45, 7) is 4.57. The molecule has 2 rings (SSSR count). The van der Waals surface area contributed by atoms with Gasteiger partial charge in [0.15, 0.2) is 10.8 Å². The summed E-state index contributed by atoms with van der Waals surface area (Å²) in [6, 6.07) is 7.92. The summed E-state index contributed by atoms with van der Waals surface area (Å²) in [7, 11) is 0. The Labute approximate surface area is 165 Å². The molecule has 0 aliphatic carbocycles. The van der Waals surface area contributed by atoms with E-state index in [9.17, 15) is 4.79 Å². The zero-order chi connectivity index (χ0) is 17.7. The van der Waals surface area contributed by atoms with Gasteiger partial charge in [0.1, 0.15) is 6.61 Å². The highest BCUT2D eigenvalue weighted by atomic mass is 127. The van der Waals surface area contributed by atoms with Crippen molar-refractivity contribution in [3.63, 3.8) is 0 Å². The first-order chi connectivity index (χ1) is 11.3. The molecule has 1 aromatic carbocycles. The maximum atomic E-state index is 12.4. The van der Waals surface area contributed by atoms with Gasteiger partial charge in [-0.2, -0.15) is 5.10 Å². The van der Waals surface area contributed by atoms with Gasteiger partial charge in [-0.3, -0.25) is 4.79 Å². The number of rotatable bonds is 7. The van der Waals surface area contributed by atoms with E-state index in [0.717, 1.165) is 22.0 Å². The van der Waals surface area contributed by atoms with Crippen LogP contribution in [-0.2, 0) is 13.2 Å². The monoisotopic (exact) mass is 480 g/mol. The number of benzene rings is 1. The van der Waals surface area contributed by atoms with Crippen LogP contribution in [0.5, 0.6) is 5.75 Å². The number of hydrogen-bond donors (Lipinski definition) is 0. The standard InChI is InChI=1S/C17H19Cl2IN2O2/c1-3-8-17(2,19)11-22-16(23)15(18)14(9-21-22)24-10-12-4-6-13(20)7-5-12/h4-7,9H,3,8,10-11H2,1-2H3. The van der Waals surface area contributed by atoms with Crippen LogP contribution in [0.1, 0.15) is 32.3 Å². The van der Waals surface area contributed by atoms with Crippen LogP contribution in [0, 0.1) is 3.57 Å². The first-order valence-electron chi connectivity index (χ1n) is 7.64. The lowest BCUT2D eigenvalue weighted by Crippen LogP contribution is -2.33. The number of halogens is 3. The Morgan fingerprint density at radius 2 is 2.00 bits per heavy atom. The Bertz CT molecular complexity index is 745. The van der Waals surface area contributed by atoms with E-state index in [1.54, 1.807) is 0 Å². The molecule has 130 valence electrons. The van der Waals surface area contributed by atoms with Crippen LogP contribution in [0.4, 0.5) is 0 Å². The molecule has 1 unspecified atom stereocenters. The van der Waals surface area contributed by atoms with E-state index in [2.05, 4.69) is 27.7 Å². The lowest BCUT2D eigenvalue weighted by molar-refractivity contribution is 0.301. The molecule has 0 spiro atoms. The van der Waals surface area contributed by atoms with Crippen molar-refractivity contribution >= 4 is 45.8 Å². The smallest absolute Gasteiger partial charge is 0.289 e. The topological polar surface area (TPSA) is 44.1 Å². The van der Waals surface area contributed by atoms with Gasteiger partial charge in [-0.15, -0.1) is 11.6 Å². The highest BCUT2D eigenvalue weighted by molar-refractivity contribution is 14.1. The maximum Gasteiger partial charge on any atom is 0.289 e. The minimum absolute atomic E-state index is 0.0273. The molecule has 0 radical (unpaired) electrons. The lowest BCUT2D eigenvalue weighted by atomic mass is 10.1. The summed E-state index contributed by atoms with van der Waals surface area (Å²) in [5.74, 6) is 0.281. The first-order valence-corrected chi connectivity index (χ1v) is 9.47. The van der Waals surface area contributed by atoms with Crippen molar-refractivity contribution in [3.05, 3.63) is 55.0 Å². The summed E-state index contributed by atoms with van der Waals surface area (Å²) in [5.41, 5.74) is 0.603. The van der Waals surface area contributed by atoms with E-state index >= 15 is 0 Å². The van der Waals surface area contributed by atoms with Crippen LogP contribution in [0.15, 0.2) is 35.3 Å². The molecule has 0 aliphatic rings. The van der Waals surface area contributed by atoms with Crippen LogP contribution >= 0.6 is 45.8 Å². The van der Waals surface area contributed by atoms with Gasteiger partial charge in [0.05, 0.1) is 17.6 Å². The van der Waals surface area contributed by atoms with Crippen molar-refractivity contribution in [2.24, 2.45) is 0 Å². The van der Waals surface area contributed by atoms with Crippen LogP contribution < -0.4 is 10.3 Å². The van der Waals surface area contributed by atoms with Crippen LogP contribution in [0.25, 0.3) is 0 Å². The minimum atomic E-state index is -0.529. The van der Waals surface area contributed by atoms with Gasteiger partial charge < -0.3 is 4.74 Å². The van der Waals surface area contributed by atoms with E-state index in [1.165, 1.54) is 10.9 Å². The van der Waals surface area contributed by atoms with E-state index in [0.29, 0.717) is 13.2 Å². The van der Waals surface area contributed by atoms with Crippen molar-refractivity contribution < 1.29 is 4.74 Å². The minimum Gasteiger partial charge on any atom is -0.485 e. The van der Waals surface area contributed by atoms with Crippen LogP contribution in [0.3, 0.4) is 0 Å². The van der Waals surface area contributed by atoms with Gasteiger partial charge >= 0.3 is 0 Å². The number of ether oxygens (including phenoxy) is 1. The summed E-state index contributed by atoms with van der Waals surface area (Å²) in [4.78, 5) is 11.8. The normalized spacial score (nSPS) is 13.5. The second kappa shape index (κ2) is 8.54. The van der Waals surface area contributed by atoms with Crippen LogP contribution in [0.2, 0.25) is 5.02 Å². The number of hydrogen-bond acceptors (Lipinski definition) is 3. The Morgan fingerprint density at radius 3 is 2.62 bits per heavy atom. The molecule has 2 aromatic rings. The second-order valence-corrected chi connectivity index (χ2v) is 8.40. The van der Waals surface area contributed by atoms with E-state index in [4.69, 9.17) is 27.9 Å². The van der Waals surface area contributed by atoms with Crippen molar-refractivity contribution in [2.75, 3.05) is 0 Å². The van der Waals surface area contributed by atoms with Gasteiger partial charge in [0.25, 0.3) is 5.56 Å². The molecular formula is C17H19Cl2IN2O2. The highest BCUT2D eigenvalue weighted by Crippen LogP contribution is 2.24. The zero-order valence-corrected chi connectivity index (χ0v) is 17.2. The maximum absolute atomic E-state index is 12.4.